The first-order valence-electron chi connectivity index (χ1n) is 7.66. The van der Waals surface area contributed by atoms with Crippen molar-refractivity contribution in [3.63, 3.8) is 0 Å². The molecular weight excluding hydrogens is 356 g/mol. The van der Waals surface area contributed by atoms with E-state index in [0.717, 1.165) is 11.1 Å². The molecule has 3 aromatic rings. The van der Waals surface area contributed by atoms with Crippen LogP contribution in [0.1, 0.15) is 17.2 Å². The van der Waals surface area contributed by atoms with E-state index in [2.05, 4.69) is 9.71 Å². The van der Waals surface area contributed by atoms with Crippen LogP contribution in [0.3, 0.4) is 0 Å². The molecule has 130 valence electrons. The van der Waals surface area contributed by atoms with Gasteiger partial charge in [0.15, 0.2) is 0 Å². The van der Waals surface area contributed by atoms with Crippen molar-refractivity contribution in [1.29, 1.82) is 0 Å². The number of sulfonamides is 1. The summed E-state index contributed by atoms with van der Waals surface area (Å²) in [6.45, 7) is 0. The zero-order valence-electron chi connectivity index (χ0n) is 13.6. The molecule has 0 saturated carbocycles. The third-order valence-corrected chi connectivity index (χ3v) is 5.99. The number of hydrogen-bond donors (Lipinski definition) is 1. The maximum absolute atomic E-state index is 12.8. The van der Waals surface area contributed by atoms with Crippen molar-refractivity contribution in [2.24, 2.45) is 0 Å². The van der Waals surface area contributed by atoms with Gasteiger partial charge in [-0.3, -0.25) is 4.98 Å². The Balaban J connectivity index is 1.87. The molecule has 0 saturated heterocycles. The zero-order valence-corrected chi connectivity index (χ0v) is 15.3. The molecular formula is C18H18N2O3S2. The molecule has 0 spiro atoms. The summed E-state index contributed by atoms with van der Waals surface area (Å²) in [6, 6.07) is 11.6. The van der Waals surface area contributed by atoms with Crippen LogP contribution in [0.4, 0.5) is 0 Å². The molecule has 0 aliphatic heterocycles. The molecule has 1 aromatic carbocycles. The Morgan fingerprint density at radius 2 is 2.00 bits per heavy atom. The minimum atomic E-state index is -3.67. The first-order valence-corrected chi connectivity index (χ1v) is 10.1. The predicted molar refractivity (Wildman–Crippen MR) is 98.3 cm³/mol. The molecule has 25 heavy (non-hydrogen) atoms. The lowest BCUT2D eigenvalue weighted by Gasteiger charge is -2.19. The summed E-state index contributed by atoms with van der Waals surface area (Å²) in [5.74, 6) is 0.612. The molecule has 0 amide bonds. The minimum absolute atomic E-state index is 0.201. The maximum Gasteiger partial charge on any atom is 0.241 e. The Bertz CT molecular complexity index is 893. The molecule has 3 rings (SSSR count). The normalized spacial score (nSPS) is 12.7. The minimum Gasteiger partial charge on any atom is -0.497 e. The van der Waals surface area contributed by atoms with Crippen LogP contribution in [0.15, 0.2) is 70.5 Å². The lowest BCUT2D eigenvalue weighted by molar-refractivity contribution is 0.414. The predicted octanol–water partition coefficient (Wildman–Crippen LogP) is 3.41. The van der Waals surface area contributed by atoms with Crippen LogP contribution in [0.25, 0.3) is 0 Å². The summed E-state index contributed by atoms with van der Waals surface area (Å²) in [7, 11) is -2.12. The van der Waals surface area contributed by atoms with E-state index in [1.165, 1.54) is 12.1 Å². The Morgan fingerprint density at radius 3 is 2.60 bits per heavy atom. The lowest BCUT2D eigenvalue weighted by Crippen LogP contribution is -2.30. The van der Waals surface area contributed by atoms with Gasteiger partial charge in [-0.15, -0.1) is 0 Å². The van der Waals surface area contributed by atoms with Crippen LogP contribution >= 0.6 is 11.3 Å². The number of aromatic nitrogens is 1. The number of benzene rings is 1. The molecule has 1 atom stereocenters. The molecule has 2 aromatic heterocycles. The SMILES string of the molecule is COc1ccc(S(=O)(=O)N[C@H](Cc2ccsc2)c2cccnc2)cc1. The summed E-state index contributed by atoms with van der Waals surface area (Å²) in [6.07, 6.45) is 3.92. The molecule has 0 radical (unpaired) electrons. The molecule has 0 aliphatic rings. The third kappa shape index (κ3) is 4.45. The van der Waals surface area contributed by atoms with Crippen molar-refractivity contribution in [2.75, 3.05) is 7.11 Å². The largest absolute Gasteiger partial charge is 0.497 e. The van der Waals surface area contributed by atoms with Crippen molar-refractivity contribution in [3.05, 3.63) is 76.7 Å². The molecule has 1 N–H and O–H groups in total. The van der Waals surface area contributed by atoms with E-state index in [-0.39, 0.29) is 4.90 Å². The molecule has 0 bridgehead atoms. The van der Waals surface area contributed by atoms with Gasteiger partial charge in [0.25, 0.3) is 0 Å². The number of hydrogen-bond acceptors (Lipinski definition) is 5. The molecule has 0 aliphatic carbocycles. The van der Waals surface area contributed by atoms with Gasteiger partial charge in [0.05, 0.1) is 18.0 Å². The van der Waals surface area contributed by atoms with Crippen LogP contribution < -0.4 is 9.46 Å². The number of ether oxygens (including phenoxy) is 1. The third-order valence-electron chi connectivity index (χ3n) is 3.77. The van der Waals surface area contributed by atoms with E-state index in [0.29, 0.717) is 12.2 Å². The van der Waals surface area contributed by atoms with Crippen molar-refractivity contribution >= 4 is 21.4 Å². The van der Waals surface area contributed by atoms with Gasteiger partial charge < -0.3 is 4.74 Å². The van der Waals surface area contributed by atoms with Crippen LogP contribution in [0.2, 0.25) is 0 Å². The number of thiophene rings is 1. The first-order chi connectivity index (χ1) is 12.1. The summed E-state index contributed by atoms with van der Waals surface area (Å²) in [5.41, 5.74) is 1.90. The standard InChI is InChI=1S/C18H18N2O3S2/c1-23-16-4-6-17(7-5-16)25(21,22)20-18(11-14-8-10-24-13-14)15-3-2-9-19-12-15/h2-10,12-13,18,20H,11H2,1H3/t18-/m1/s1. The zero-order chi connectivity index (χ0) is 17.7. The summed E-state index contributed by atoms with van der Waals surface area (Å²) >= 11 is 1.59. The van der Waals surface area contributed by atoms with Gasteiger partial charge in [0.2, 0.25) is 10.0 Å². The Morgan fingerprint density at radius 1 is 1.20 bits per heavy atom. The highest BCUT2D eigenvalue weighted by Crippen LogP contribution is 2.23. The van der Waals surface area contributed by atoms with Crippen molar-refractivity contribution in [2.45, 2.75) is 17.4 Å². The molecule has 0 fully saturated rings. The number of nitrogens with zero attached hydrogens (tertiary/aromatic N) is 1. The molecule has 7 heteroatoms. The van der Waals surface area contributed by atoms with E-state index < -0.39 is 16.1 Å². The molecule has 0 unspecified atom stereocenters. The van der Waals surface area contributed by atoms with E-state index >= 15 is 0 Å². The smallest absolute Gasteiger partial charge is 0.241 e. The molecule has 5 nitrogen and oxygen atoms in total. The van der Waals surface area contributed by atoms with E-state index in [1.54, 1.807) is 49.0 Å². The fourth-order valence-electron chi connectivity index (χ4n) is 2.46. The average Bonchev–Trinajstić information content (AvgIpc) is 3.15. The fourth-order valence-corrected chi connectivity index (χ4v) is 4.37. The van der Waals surface area contributed by atoms with E-state index in [1.807, 2.05) is 22.9 Å². The Hall–Kier alpha value is -2.22. The fraction of sp³-hybridized carbons (Fsp3) is 0.167. The van der Waals surface area contributed by atoms with Gasteiger partial charge in [-0.05, 0) is 64.7 Å². The van der Waals surface area contributed by atoms with Crippen LogP contribution in [-0.4, -0.2) is 20.5 Å². The quantitative estimate of drug-likeness (QED) is 0.688. The Kier molecular flexibility index (Phi) is 5.47. The maximum atomic E-state index is 12.8. The number of nitrogens with one attached hydrogen (secondary N) is 1. The molecule has 2 heterocycles. The van der Waals surface area contributed by atoms with E-state index in [9.17, 15) is 8.42 Å². The summed E-state index contributed by atoms with van der Waals surface area (Å²) < 4.78 is 33.4. The van der Waals surface area contributed by atoms with Gasteiger partial charge in [-0.25, -0.2) is 13.1 Å². The monoisotopic (exact) mass is 374 g/mol. The van der Waals surface area contributed by atoms with Gasteiger partial charge in [0.1, 0.15) is 5.75 Å². The highest BCUT2D eigenvalue weighted by molar-refractivity contribution is 7.89. The van der Waals surface area contributed by atoms with Crippen LogP contribution in [-0.2, 0) is 16.4 Å². The van der Waals surface area contributed by atoms with Gasteiger partial charge in [0, 0.05) is 12.4 Å². The first kappa shape index (κ1) is 17.6. The summed E-state index contributed by atoms with van der Waals surface area (Å²) in [4.78, 5) is 4.31. The average molecular weight is 374 g/mol. The van der Waals surface area contributed by atoms with Crippen molar-refractivity contribution < 1.29 is 13.2 Å². The number of methoxy groups -OCH3 is 1. The van der Waals surface area contributed by atoms with Crippen LogP contribution in [0, 0.1) is 0 Å². The highest BCUT2D eigenvalue weighted by atomic mass is 32.2. The van der Waals surface area contributed by atoms with Gasteiger partial charge in [-0.1, -0.05) is 6.07 Å². The second kappa shape index (κ2) is 7.77. The van der Waals surface area contributed by atoms with Gasteiger partial charge >= 0.3 is 0 Å². The number of pyridine rings is 1. The van der Waals surface area contributed by atoms with Crippen molar-refractivity contribution in [1.82, 2.24) is 9.71 Å². The van der Waals surface area contributed by atoms with E-state index in [4.69, 9.17) is 4.74 Å². The van der Waals surface area contributed by atoms with Crippen molar-refractivity contribution in [3.8, 4) is 5.75 Å². The second-order valence-corrected chi connectivity index (χ2v) is 7.97. The lowest BCUT2D eigenvalue weighted by atomic mass is 10.0. The van der Waals surface area contributed by atoms with Gasteiger partial charge in [-0.2, -0.15) is 11.3 Å². The topological polar surface area (TPSA) is 68.3 Å². The Labute approximate surface area is 151 Å². The number of rotatable bonds is 7. The second-order valence-electron chi connectivity index (χ2n) is 5.47. The highest BCUT2D eigenvalue weighted by Gasteiger charge is 2.22. The van der Waals surface area contributed by atoms with Crippen LogP contribution in [0.5, 0.6) is 5.75 Å². The summed E-state index contributed by atoms with van der Waals surface area (Å²) in [5, 5.41) is 4.00.